The zero-order valence-corrected chi connectivity index (χ0v) is 15.7. The van der Waals surface area contributed by atoms with Gasteiger partial charge in [0.25, 0.3) is 5.91 Å². The number of hydrogen-bond acceptors (Lipinski definition) is 5. The number of nitrogens with zero attached hydrogens (tertiary/aromatic N) is 1. The minimum atomic E-state index is -0.172. The first-order chi connectivity index (χ1) is 13.1. The zero-order chi connectivity index (χ0) is 18.8. The van der Waals surface area contributed by atoms with E-state index in [1.165, 1.54) is 0 Å². The first kappa shape index (κ1) is 17.6. The molecule has 1 saturated heterocycles. The minimum Gasteiger partial charge on any atom is -0.397 e. The summed E-state index contributed by atoms with van der Waals surface area (Å²) in [6, 6.07) is 17.6. The molecule has 2 aromatic carbocycles. The summed E-state index contributed by atoms with van der Waals surface area (Å²) in [6.45, 7) is 1.82. The van der Waals surface area contributed by atoms with Crippen molar-refractivity contribution < 1.29 is 4.79 Å². The van der Waals surface area contributed by atoms with Gasteiger partial charge in [-0.1, -0.05) is 12.1 Å². The summed E-state index contributed by atoms with van der Waals surface area (Å²) < 4.78 is 0. The average Bonchev–Trinajstić information content (AvgIpc) is 3.35. The van der Waals surface area contributed by atoms with Crippen molar-refractivity contribution >= 4 is 34.3 Å². The lowest BCUT2D eigenvalue weighted by Crippen LogP contribution is -2.26. The summed E-state index contributed by atoms with van der Waals surface area (Å²) in [6.07, 6.45) is 1.00. The first-order valence-corrected chi connectivity index (χ1v) is 9.83. The molecule has 0 aliphatic carbocycles. The van der Waals surface area contributed by atoms with Gasteiger partial charge in [0.05, 0.1) is 11.4 Å². The van der Waals surface area contributed by atoms with E-state index in [-0.39, 0.29) is 11.9 Å². The second-order valence-corrected chi connectivity index (χ2v) is 7.72. The molecule has 138 valence electrons. The topological polar surface area (TPSA) is 84.4 Å². The number of thiophene rings is 1. The monoisotopic (exact) mass is 378 g/mol. The molecule has 3 aromatic rings. The van der Waals surface area contributed by atoms with E-state index >= 15 is 0 Å². The number of benzene rings is 2. The maximum Gasteiger partial charge on any atom is 0.255 e. The molecule has 1 aliphatic rings. The highest BCUT2D eigenvalue weighted by Gasteiger charge is 2.19. The molecule has 1 aromatic heterocycles. The fourth-order valence-corrected chi connectivity index (χ4v) is 4.02. The number of nitrogen functional groups attached to an aromatic ring is 1. The summed E-state index contributed by atoms with van der Waals surface area (Å²) in [5, 5.41) is 4.96. The highest BCUT2D eigenvalue weighted by molar-refractivity contribution is 7.13. The molecule has 2 heterocycles. The van der Waals surface area contributed by atoms with Gasteiger partial charge in [-0.25, -0.2) is 0 Å². The van der Waals surface area contributed by atoms with Gasteiger partial charge in [0, 0.05) is 35.3 Å². The Balaban J connectivity index is 1.50. The molecule has 27 heavy (non-hydrogen) atoms. The Morgan fingerprint density at radius 3 is 2.63 bits per heavy atom. The lowest BCUT2D eigenvalue weighted by atomic mass is 10.1. The molecule has 5 nitrogen and oxygen atoms in total. The summed E-state index contributed by atoms with van der Waals surface area (Å²) in [7, 11) is 0. The van der Waals surface area contributed by atoms with Gasteiger partial charge < -0.3 is 21.7 Å². The third-order valence-electron chi connectivity index (χ3n) is 4.83. The SMILES string of the molecule is Nc1ccc(-c2cccs2)cc1NC(=O)c1ccc(N2CC[C@H](N)C2)cc1. The van der Waals surface area contributed by atoms with Crippen LogP contribution in [0.2, 0.25) is 0 Å². The maximum absolute atomic E-state index is 12.7. The van der Waals surface area contributed by atoms with Crippen LogP contribution in [0.25, 0.3) is 10.4 Å². The zero-order valence-electron chi connectivity index (χ0n) is 14.9. The Kier molecular flexibility index (Phi) is 4.83. The quantitative estimate of drug-likeness (QED) is 0.603. The summed E-state index contributed by atoms with van der Waals surface area (Å²) in [5.41, 5.74) is 15.9. The molecule has 6 heteroatoms. The van der Waals surface area contributed by atoms with Gasteiger partial charge in [-0.2, -0.15) is 0 Å². The van der Waals surface area contributed by atoms with E-state index in [9.17, 15) is 4.79 Å². The Morgan fingerprint density at radius 2 is 1.96 bits per heavy atom. The van der Waals surface area contributed by atoms with Crippen LogP contribution in [0, 0.1) is 0 Å². The second kappa shape index (κ2) is 7.42. The van der Waals surface area contributed by atoms with E-state index in [0.29, 0.717) is 16.9 Å². The summed E-state index contributed by atoms with van der Waals surface area (Å²) >= 11 is 1.65. The number of amides is 1. The van der Waals surface area contributed by atoms with E-state index in [4.69, 9.17) is 11.5 Å². The average molecular weight is 379 g/mol. The van der Waals surface area contributed by atoms with Crippen LogP contribution in [0.3, 0.4) is 0 Å². The van der Waals surface area contributed by atoms with Crippen LogP contribution in [0.1, 0.15) is 16.8 Å². The van der Waals surface area contributed by atoms with E-state index < -0.39 is 0 Å². The number of nitrogens with one attached hydrogen (secondary N) is 1. The first-order valence-electron chi connectivity index (χ1n) is 8.95. The summed E-state index contributed by atoms with van der Waals surface area (Å²) in [5.74, 6) is -0.172. The molecule has 1 aliphatic heterocycles. The molecule has 0 bridgehead atoms. The van der Waals surface area contributed by atoms with E-state index in [0.717, 1.165) is 35.6 Å². The molecule has 1 atom stereocenters. The van der Waals surface area contributed by atoms with Crippen molar-refractivity contribution in [1.82, 2.24) is 0 Å². The predicted molar refractivity (Wildman–Crippen MR) is 113 cm³/mol. The van der Waals surface area contributed by atoms with Crippen LogP contribution in [0.4, 0.5) is 17.1 Å². The third kappa shape index (κ3) is 3.82. The van der Waals surface area contributed by atoms with E-state index in [1.54, 1.807) is 11.3 Å². The molecule has 1 fully saturated rings. The third-order valence-corrected chi connectivity index (χ3v) is 5.75. The Hall–Kier alpha value is -2.83. The fourth-order valence-electron chi connectivity index (χ4n) is 3.30. The van der Waals surface area contributed by atoms with Crippen LogP contribution in [-0.2, 0) is 0 Å². The molecule has 4 rings (SSSR count). The van der Waals surface area contributed by atoms with Gasteiger partial charge in [0.2, 0.25) is 0 Å². The van der Waals surface area contributed by atoms with Crippen molar-refractivity contribution in [3.63, 3.8) is 0 Å². The number of hydrogen-bond donors (Lipinski definition) is 3. The largest absolute Gasteiger partial charge is 0.397 e. The standard InChI is InChI=1S/C21H22N4OS/c22-16-9-10-25(13-16)17-6-3-14(4-7-17)21(26)24-19-12-15(5-8-18(19)23)20-2-1-11-27-20/h1-8,11-12,16H,9-10,13,22-23H2,(H,24,26)/t16-/m0/s1. The normalized spacial score (nSPS) is 16.5. The molecule has 5 N–H and O–H groups in total. The number of carbonyl (C=O) groups excluding carboxylic acids is 1. The molecule has 0 spiro atoms. The van der Waals surface area contributed by atoms with Gasteiger partial charge in [0.15, 0.2) is 0 Å². The van der Waals surface area contributed by atoms with Gasteiger partial charge in [-0.3, -0.25) is 4.79 Å². The van der Waals surface area contributed by atoms with Crippen molar-refractivity contribution in [3.8, 4) is 10.4 Å². The van der Waals surface area contributed by atoms with Crippen LogP contribution >= 0.6 is 11.3 Å². The smallest absolute Gasteiger partial charge is 0.255 e. The van der Waals surface area contributed by atoms with Crippen LogP contribution < -0.4 is 21.7 Å². The number of carbonyl (C=O) groups is 1. The maximum atomic E-state index is 12.7. The Bertz CT molecular complexity index is 937. The fraction of sp³-hybridized carbons (Fsp3) is 0.190. The molecule has 0 unspecified atom stereocenters. The van der Waals surface area contributed by atoms with Crippen molar-refractivity contribution in [2.45, 2.75) is 12.5 Å². The van der Waals surface area contributed by atoms with Crippen LogP contribution in [-0.4, -0.2) is 25.0 Å². The molecular weight excluding hydrogens is 356 g/mol. The molecule has 0 radical (unpaired) electrons. The van der Waals surface area contributed by atoms with Gasteiger partial charge in [0.1, 0.15) is 0 Å². The number of anilines is 3. The van der Waals surface area contributed by atoms with Crippen molar-refractivity contribution in [3.05, 3.63) is 65.5 Å². The molecule has 1 amide bonds. The van der Waals surface area contributed by atoms with E-state index in [1.807, 2.05) is 60.0 Å². The Labute approximate surface area is 162 Å². The lowest BCUT2D eigenvalue weighted by Gasteiger charge is -2.18. The molecular formula is C21H22N4OS. The van der Waals surface area contributed by atoms with E-state index in [2.05, 4.69) is 10.2 Å². The van der Waals surface area contributed by atoms with Crippen molar-refractivity contribution in [2.24, 2.45) is 5.73 Å². The van der Waals surface area contributed by atoms with Gasteiger partial charge >= 0.3 is 0 Å². The number of rotatable bonds is 4. The predicted octanol–water partition coefficient (Wildman–Crippen LogP) is 3.79. The molecule has 0 saturated carbocycles. The highest BCUT2D eigenvalue weighted by Crippen LogP contribution is 2.30. The van der Waals surface area contributed by atoms with Gasteiger partial charge in [-0.15, -0.1) is 11.3 Å². The second-order valence-electron chi connectivity index (χ2n) is 6.78. The highest BCUT2D eigenvalue weighted by atomic mass is 32.1. The Morgan fingerprint density at radius 1 is 1.15 bits per heavy atom. The van der Waals surface area contributed by atoms with Crippen molar-refractivity contribution in [2.75, 3.05) is 29.0 Å². The van der Waals surface area contributed by atoms with Crippen molar-refractivity contribution in [1.29, 1.82) is 0 Å². The minimum absolute atomic E-state index is 0.172. The van der Waals surface area contributed by atoms with Gasteiger partial charge in [-0.05, 0) is 59.8 Å². The number of nitrogens with two attached hydrogens (primary N) is 2. The summed E-state index contributed by atoms with van der Waals surface area (Å²) in [4.78, 5) is 16.0. The van der Waals surface area contributed by atoms with Crippen LogP contribution in [0.5, 0.6) is 0 Å². The lowest BCUT2D eigenvalue weighted by molar-refractivity contribution is 0.102. The van der Waals surface area contributed by atoms with Crippen LogP contribution in [0.15, 0.2) is 60.0 Å².